The zero-order valence-corrected chi connectivity index (χ0v) is 17.6. The van der Waals surface area contributed by atoms with E-state index >= 15 is 0 Å². The summed E-state index contributed by atoms with van der Waals surface area (Å²) in [7, 11) is 0. The van der Waals surface area contributed by atoms with Gasteiger partial charge in [0.2, 0.25) is 11.1 Å². The normalized spacial score (nSPS) is 10.9. The van der Waals surface area contributed by atoms with E-state index in [1.165, 1.54) is 22.0 Å². The third kappa shape index (κ3) is 5.74. The number of aromatic nitrogens is 3. The van der Waals surface area contributed by atoms with E-state index in [1.54, 1.807) is 0 Å². The second kappa shape index (κ2) is 9.47. The van der Waals surface area contributed by atoms with Gasteiger partial charge < -0.3 is 15.9 Å². The van der Waals surface area contributed by atoms with E-state index in [2.05, 4.69) is 29.4 Å². The Balaban J connectivity index is 1.51. The second-order valence-electron chi connectivity index (χ2n) is 6.99. The van der Waals surface area contributed by atoms with Crippen LogP contribution >= 0.6 is 11.8 Å². The summed E-state index contributed by atoms with van der Waals surface area (Å²) in [6, 6.07) is 15.6. The van der Waals surface area contributed by atoms with Gasteiger partial charge >= 0.3 is 0 Å². The first kappa shape index (κ1) is 20.7. The van der Waals surface area contributed by atoms with Crippen LogP contribution in [0.1, 0.15) is 36.7 Å². The summed E-state index contributed by atoms with van der Waals surface area (Å²) in [6.45, 7) is 6.46. The van der Waals surface area contributed by atoms with Crippen LogP contribution in [0, 0.1) is 6.92 Å². The molecule has 1 amide bonds. The summed E-state index contributed by atoms with van der Waals surface area (Å²) < 4.78 is 7.10. The van der Waals surface area contributed by atoms with Crippen molar-refractivity contribution >= 4 is 23.4 Å². The second-order valence-corrected chi connectivity index (χ2v) is 7.93. The largest absolute Gasteiger partial charge is 0.486 e. The number of benzene rings is 2. The Kier molecular flexibility index (Phi) is 6.77. The SMILES string of the molecule is Cc1cccc(NC(=O)CSc2nnc(COc3ccc(C(C)C)cc3)n2N)c1. The maximum atomic E-state index is 12.1. The smallest absolute Gasteiger partial charge is 0.234 e. The van der Waals surface area contributed by atoms with Gasteiger partial charge in [0.25, 0.3) is 0 Å². The van der Waals surface area contributed by atoms with Crippen LogP contribution in [0.3, 0.4) is 0 Å². The van der Waals surface area contributed by atoms with Gasteiger partial charge in [-0.05, 0) is 48.2 Å². The summed E-state index contributed by atoms with van der Waals surface area (Å²) in [4.78, 5) is 12.1. The standard InChI is InChI=1S/C21H25N5O2S/c1-14(2)16-7-9-18(10-8-16)28-12-19-24-25-21(26(19)22)29-13-20(27)23-17-6-4-5-15(3)11-17/h4-11,14H,12-13,22H2,1-3H3,(H,23,27). The molecule has 0 spiro atoms. The van der Waals surface area contributed by atoms with Crippen LogP contribution in [0.2, 0.25) is 0 Å². The summed E-state index contributed by atoms with van der Waals surface area (Å²) in [5, 5.41) is 11.4. The first-order valence-electron chi connectivity index (χ1n) is 9.34. The van der Waals surface area contributed by atoms with Crippen molar-refractivity contribution in [3.05, 3.63) is 65.5 Å². The highest BCUT2D eigenvalue weighted by Gasteiger charge is 2.13. The maximum absolute atomic E-state index is 12.1. The van der Waals surface area contributed by atoms with Crippen molar-refractivity contribution in [2.75, 3.05) is 16.9 Å². The maximum Gasteiger partial charge on any atom is 0.234 e. The van der Waals surface area contributed by atoms with Crippen molar-refractivity contribution in [2.24, 2.45) is 0 Å². The number of nitrogens with one attached hydrogen (secondary N) is 1. The molecule has 0 radical (unpaired) electrons. The first-order chi connectivity index (χ1) is 13.9. The molecule has 8 heteroatoms. The predicted octanol–water partition coefficient (Wildman–Crippen LogP) is 3.73. The zero-order valence-electron chi connectivity index (χ0n) is 16.8. The third-order valence-corrected chi connectivity index (χ3v) is 5.23. The molecule has 0 aliphatic carbocycles. The highest BCUT2D eigenvalue weighted by Crippen LogP contribution is 2.20. The van der Waals surface area contributed by atoms with Gasteiger partial charge in [0, 0.05) is 5.69 Å². The van der Waals surface area contributed by atoms with E-state index in [0.717, 1.165) is 17.0 Å². The number of hydrogen-bond donors (Lipinski definition) is 2. The summed E-state index contributed by atoms with van der Waals surface area (Å²) in [6.07, 6.45) is 0. The van der Waals surface area contributed by atoms with Crippen molar-refractivity contribution in [2.45, 2.75) is 38.5 Å². The lowest BCUT2D eigenvalue weighted by Gasteiger charge is -2.09. The molecule has 0 saturated heterocycles. The number of nitrogens with two attached hydrogens (primary N) is 1. The van der Waals surface area contributed by atoms with Crippen molar-refractivity contribution in [1.82, 2.24) is 14.9 Å². The highest BCUT2D eigenvalue weighted by molar-refractivity contribution is 7.99. The monoisotopic (exact) mass is 411 g/mol. The molecule has 7 nitrogen and oxygen atoms in total. The number of thioether (sulfide) groups is 1. The minimum Gasteiger partial charge on any atom is -0.486 e. The van der Waals surface area contributed by atoms with Crippen LogP contribution in [0.4, 0.5) is 5.69 Å². The molecule has 2 aromatic carbocycles. The van der Waals surface area contributed by atoms with Crippen molar-refractivity contribution in [1.29, 1.82) is 0 Å². The van der Waals surface area contributed by atoms with Crippen LogP contribution < -0.4 is 15.9 Å². The van der Waals surface area contributed by atoms with E-state index < -0.39 is 0 Å². The quantitative estimate of drug-likeness (QED) is 0.433. The molecule has 0 atom stereocenters. The summed E-state index contributed by atoms with van der Waals surface area (Å²) in [5.41, 5.74) is 3.10. The minimum atomic E-state index is -0.133. The Morgan fingerprint density at radius 2 is 1.97 bits per heavy atom. The zero-order chi connectivity index (χ0) is 20.8. The Morgan fingerprint density at radius 3 is 2.66 bits per heavy atom. The average Bonchev–Trinajstić information content (AvgIpc) is 3.04. The fourth-order valence-electron chi connectivity index (χ4n) is 2.65. The Bertz CT molecular complexity index is 969. The Hall–Kier alpha value is -3.00. The van der Waals surface area contributed by atoms with Crippen LogP contribution in [-0.2, 0) is 11.4 Å². The number of ether oxygens (including phenoxy) is 1. The van der Waals surface area contributed by atoms with Gasteiger partial charge in [0.1, 0.15) is 12.4 Å². The third-order valence-electron chi connectivity index (χ3n) is 4.28. The molecule has 0 unspecified atom stereocenters. The number of nitrogens with zero attached hydrogens (tertiary/aromatic N) is 3. The Labute approximate surface area is 174 Å². The number of aryl methyl sites for hydroxylation is 1. The van der Waals surface area contributed by atoms with Gasteiger partial charge in [0.15, 0.2) is 5.82 Å². The molecule has 0 saturated carbocycles. The molecular formula is C21H25N5O2S. The van der Waals surface area contributed by atoms with Crippen LogP contribution in [0.15, 0.2) is 53.7 Å². The molecule has 0 bridgehead atoms. The van der Waals surface area contributed by atoms with Crippen LogP contribution in [0.5, 0.6) is 5.75 Å². The number of carbonyl (C=O) groups excluding carboxylic acids is 1. The lowest BCUT2D eigenvalue weighted by molar-refractivity contribution is -0.113. The number of carbonyl (C=O) groups is 1. The molecule has 29 heavy (non-hydrogen) atoms. The molecule has 1 aromatic heterocycles. The van der Waals surface area contributed by atoms with Crippen molar-refractivity contribution in [3.63, 3.8) is 0 Å². The van der Waals surface area contributed by atoms with E-state index in [1.807, 2.05) is 55.5 Å². The highest BCUT2D eigenvalue weighted by atomic mass is 32.2. The van der Waals surface area contributed by atoms with Gasteiger partial charge in [-0.25, -0.2) is 4.68 Å². The topological polar surface area (TPSA) is 95.1 Å². The Morgan fingerprint density at radius 1 is 1.21 bits per heavy atom. The number of hydrogen-bond acceptors (Lipinski definition) is 6. The van der Waals surface area contributed by atoms with Crippen LogP contribution in [-0.4, -0.2) is 26.5 Å². The van der Waals surface area contributed by atoms with Crippen LogP contribution in [0.25, 0.3) is 0 Å². The molecule has 0 fully saturated rings. The molecule has 3 rings (SSSR count). The number of anilines is 1. The number of rotatable bonds is 8. The molecule has 1 heterocycles. The molecule has 3 N–H and O–H groups in total. The summed E-state index contributed by atoms with van der Waals surface area (Å²) in [5.74, 6) is 7.79. The fraction of sp³-hybridized carbons (Fsp3) is 0.286. The lowest BCUT2D eigenvalue weighted by Crippen LogP contribution is -2.18. The minimum absolute atomic E-state index is 0.133. The van der Waals surface area contributed by atoms with Crippen molar-refractivity contribution in [3.8, 4) is 5.75 Å². The van der Waals surface area contributed by atoms with Gasteiger partial charge in [-0.15, -0.1) is 10.2 Å². The predicted molar refractivity (Wildman–Crippen MR) is 116 cm³/mol. The van der Waals surface area contributed by atoms with Gasteiger partial charge in [-0.1, -0.05) is 49.9 Å². The molecule has 0 aliphatic rings. The number of nitrogen functional groups attached to an aromatic ring is 1. The number of amides is 1. The van der Waals surface area contributed by atoms with E-state index in [4.69, 9.17) is 10.6 Å². The van der Waals surface area contributed by atoms with E-state index in [-0.39, 0.29) is 18.3 Å². The van der Waals surface area contributed by atoms with Gasteiger partial charge in [-0.3, -0.25) is 4.79 Å². The molecule has 152 valence electrons. The first-order valence-corrected chi connectivity index (χ1v) is 10.3. The van der Waals surface area contributed by atoms with Gasteiger partial charge in [0.05, 0.1) is 5.75 Å². The molecule has 0 aliphatic heterocycles. The lowest BCUT2D eigenvalue weighted by atomic mass is 10.0. The fourth-order valence-corrected chi connectivity index (χ4v) is 3.33. The van der Waals surface area contributed by atoms with Gasteiger partial charge in [-0.2, -0.15) is 0 Å². The molecule has 3 aromatic rings. The van der Waals surface area contributed by atoms with E-state index in [9.17, 15) is 4.79 Å². The van der Waals surface area contributed by atoms with E-state index in [0.29, 0.717) is 16.9 Å². The van der Waals surface area contributed by atoms with Crippen molar-refractivity contribution < 1.29 is 9.53 Å². The molecular weight excluding hydrogens is 386 g/mol. The summed E-state index contributed by atoms with van der Waals surface area (Å²) >= 11 is 1.22. The average molecular weight is 412 g/mol.